The molecule has 0 saturated heterocycles. The summed E-state index contributed by atoms with van der Waals surface area (Å²) in [6.45, 7) is 8.78. The topological polar surface area (TPSA) is 89.9 Å². The van der Waals surface area contributed by atoms with Gasteiger partial charge in [-0.3, -0.25) is 9.59 Å². The summed E-state index contributed by atoms with van der Waals surface area (Å²) in [5.41, 5.74) is 2.00. The molecule has 0 saturated carbocycles. The summed E-state index contributed by atoms with van der Waals surface area (Å²) in [6, 6.07) is 7.65. The van der Waals surface area contributed by atoms with Gasteiger partial charge in [-0.1, -0.05) is 44.5 Å². The third-order valence-corrected chi connectivity index (χ3v) is 4.46. The first-order valence-electron chi connectivity index (χ1n) is 8.78. The number of rotatable bonds is 9. The molecule has 0 radical (unpaired) electrons. The number of aliphatic hydroxyl groups is 2. The zero-order chi connectivity index (χ0) is 19.0. The van der Waals surface area contributed by atoms with E-state index < -0.39 is 24.0 Å². The Morgan fingerprint density at radius 3 is 2.36 bits per heavy atom. The van der Waals surface area contributed by atoms with Gasteiger partial charge in [0.15, 0.2) is 12.2 Å². The highest BCUT2D eigenvalue weighted by molar-refractivity contribution is 5.90. The first kappa shape index (κ1) is 21.1. The van der Waals surface area contributed by atoms with Crippen molar-refractivity contribution in [3.8, 4) is 0 Å². The third-order valence-electron chi connectivity index (χ3n) is 4.46. The molecule has 0 bridgehead atoms. The molecular weight excluding hydrogens is 320 g/mol. The summed E-state index contributed by atoms with van der Waals surface area (Å²) in [5.74, 6) is -1.12. The Morgan fingerprint density at radius 2 is 1.80 bits per heavy atom. The molecule has 3 atom stereocenters. The van der Waals surface area contributed by atoms with Crippen LogP contribution in [0.15, 0.2) is 24.3 Å². The third kappa shape index (κ3) is 6.14. The molecule has 6 heteroatoms. The van der Waals surface area contributed by atoms with Crippen molar-refractivity contribution in [2.45, 2.75) is 52.9 Å². The van der Waals surface area contributed by atoms with Crippen LogP contribution in [0, 0.1) is 12.8 Å². The lowest BCUT2D eigenvalue weighted by Gasteiger charge is -2.26. The van der Waals surface area contributed by atoms with Gasteiger partial charge < -0.3 is 20.4 Å². The Bertz CT molecular complexity index is 576. The van der Waals surface area contributed by atoms with Crippen LogP contribution in [0.3, 0.4) is 0 Å². The smallest absolute Gasteiger partial charge is 0.254 e. The highest BCUT2D eigenvalue weighted by atomic mass is 16.3. The lowest BCUT2D eigenvalue weighted by atomic mass is 10.1. The summed E-state index contributed by atoms with van der Waals surface area (Å²) in [4.78, 5) is 25.8. The number of aryl methyl sites for hydroxylation is 1. The minimum absolute atomic E-state index is 0.261. The molecule has 3 unspecified atom stereocenters. The zero-order valence-corrected chi connectivity index (χ0v) is 15.5. The fourth-order valence-electron chi connectivity index (χ4n) is 2.33. The van der Waals surface area contributed by atoms with Crippen LogP contribution in [0.2, 0.25) is 0 Å². The van der Waals surface area contributed by atoms with Crippen LogP contribution >= 0.6 is 0 Å². The van der Waals surface area contributed by atoms with Gasteiger partial charge in [-0.2, -0.15) is 0 Å². The van der Waals surface area contributed by atoms with Gasteiger partial charge in [0.25, 0.3) is 11.8 Å². The Balaban J connectivity index is 2.71. The van der Waals surface area contributed by atoms with Crippen molar-refractivity contribution in [3.05, 3.63) is 35.4 Å². The molecule has 25 heavy (non-hydrogen) atoms. The van der Waals surface area contributed by atoms with E-state index in [0.717, 1.165) is 17.5 Å². The van der Waals surface area contributed by atoms with Crippen LogP contribution in [-0.2, 0) is 16.1 Å². The van der Waals surface area contributed by atoms with Crippen LogP contribution in [0.4, 0.5) is 0 Å². The van der Waals surface area contributed by atoms with E-state index in [-0.39, 0.29) is 5.92 Å². The van der Waals surface area contributed by atoms with Gasteiger partial charge in [0.05, 0.1) is 0 Å². The second kappa shape index (κ2) is 10.2. The van der Waals surface area contributed by atoms with Gasteiger partial charge in [-0.05, 0) is 30.9 Å². The summed E-state index contributed by atoms with van der Waals surface area (Å²) >= 11 is 0. The van der Waals surface area contributed by atoms with E-state index in [4.69, 9.17) is 0 Å². The second-order valence-electron chi connectivity index (χ2n) is 6.43. The van der Waals surface area contributed by atoms with Crippen LogP contribution < -0.4 is 5.32 Å². The summed E-state index contributed by atoms with van der Waals surface area (Å²) in [6.07, 6.45) is -2.67. The number of nitrogens with one attached hydrogen (secondary N) is 1. The van der Waals surface area contributed by atoms with Crippen LogP contribution in [0.25, 0.3) is 0 Å². The number of nitrogens with zero attached hydrogens (tertiary/aromatic N) is 1. The average Bonchev–Trinajstić information content (AvgIpc) is 2.63. The van der Waals surface area contributed by atoms with Gasteiger partial charge in [0.2, 0.25) is 0 Å². The molecule has 3 N–H and O–H groups in total. The van der Waals surface area contributed by atoms with E-state index in [1.165, 1.54) is 4.90 Å². The Hall–Kier alpha value is -1.92. The SMILES string of the molecule is CCC(C)CNC(=O)C(O)C(O)C(=O)N(CC)Cc1ccccc1C. The first-order chi connectivity index (χ1) is 11.8. The standard InChI is InChI=1S/C19H30N2O4/c1-5-13(3)11-20-18(24)16(22)17(23)19(25)21(6-2)12-15-10-8-7-9-14(15)4/h7-10,13,16-17,22-23H,5-6,11-12H2,1-4H3,(H,20,24). The maximum Gasteiger partial charge on any atom is 0.254 e. The molecule has 0 spiro atoms. The van der Waals surface area contributed by atoms with E-state index in [2.05, 4.69) is 5.32 Å². The van der Waals surface area contributed by atoms with Crippen molar-refractivity contribution in [3.63, 3.8) is 0 Å². The van der Waals surface area contributed by atoms with Crippen LogP contribution in [-0.4, -0.2) is 52.2 Å². The quantitative estimate of drug-likeness (QED) is 0.625. The maximum absolute atomic E-state index is 12.5. The molecule has 0 fully saturated rings. The molecule has 1 aromatic rings. The summed E-state index contributed by atoms with van der Waals surface area (Å²) in [5, 5.41) is 22.7. The number of likely N-dealkylation sites (N-methyl/N-ethyl adjacent to an activating group) is 1. The van der Waals surface area contributed by atoms with Crippen LogP contribution in [0.1, 0.15) is 38.3 Å². The number of benzene rings is 1. The predicted octanol–water partition coefficient (Wildman–Crippen LogP) is 1.23. The number of carbonyl (C=O) groups is 2. The molecule has 0 aliphatic heterocycles. The Labute approximate surface area is 149 Å². The second-order valence-corrected chi connectivity index (χ2v) is 6.43. The molecule has 1 rings (SSSR count). The fourth-order valence-corrected chi connectivity index (χ4v) is 2.33. The van der Waals surface area contributed by atoms with Crippen molar-refractivity contribution in [1.29, 1.82) is 0 Å². The van der Waals surface area contributed by atoms with Gasteiger partial charge in [-0.25, -0.2) is 0 Å². The summed E-state index contributed by atoms with van der Waals surface area (Å²) in [7, 11) is 0. The number of amides is 2. The Kier molecular flexibility index (Phi) is 8.58. The first-order valence-corrected chi connectivity index (χ1v) is 8.78. The van der Waals surface area contributed by atoms with E-state index in [0.29, 0.717) is 19.6 Å². The monoisotopic (exact) mass is 350 g/mol. The molecule has 0 aliphatic rings. The van der Waals surface area contributed by atoms with Crippen LogP contribution in [0.5, 0.6) is 0 Å². The van der Waals surface area contributed by atoms with Crippen molar-refractivity contribution in [2.75, 3.05) is 13.1 Å². The van der Waals surface area contributed by atoms with Gasteiger partial charge in [0, 0.05) is 19.6 Å². The number of hydrogen-bond donors (Lipinski definition) is 3. The molecule has 140 valence electrons. The van der Waals surface area contributed by atoms with Crippen molar-refractivity contribution in [2.24, 2.45) is 5.92 Å². The molecule has 0 aliphatic carbocycles. The van der Waals surface area contributed by atoms with Crippen molar-refractivity contribution < 1.29 is 19.8 Å². The van der Waals surface area contributed by atoms with Gasteiger partial charge >= 0.3 is 0 Å². The fraction of sp³-hybridized carbons (Fsp3) is 0.579. The van der Waals surface area contributed by atoms with E-state index in [1.807, 2.05) is 45.0 Å². The average molecular weight is 350 g/mol. The van der Waals surface area contributed by atoms with E-state index >= 15 is 0 Å². The summed E-state index contributed by atoms with van der Waals surface area (Å²) < 4.78 is 0. The van der Waals surface area contributed by atoms with Crippen molar-refractivity contribution >= 4 is 11.8 Å². The normalized spacial score (nSPS) is 14.5. The molecule has 0 aromatic heterocycles. The molecule has 2 amide bonds. The number of hydrogen-bond acceptors (Lipinski definition) is 4. The van der Waals surface area contributed by atoms with E-state index in [9.17, 15) is 19.8 Å². The Morgan fingerprint density at radius 1 is 1.16 bits per heavy atom. The van der Waals surface area contributed by atoms with Gasteiger partial charge in [0.1, 0.15) is 0 Å². The molecule has 1 aromatic carbocycles. The van der Waals surface area contributed by atoms with Gasteiger partial charge in [-0.15, -0.1) is 0 Å². The zero-order valence-electron chi connectivity index (χ0n) is 15.5. The molecule has 0 heterocycles. The molecule has 6 nitrogen and oxygen atoms in total. The maximum atomic E-state index is 12.5. The van der Waals surface area contributed by atoms with E-state index in [1.54, 1.807) is 6.92 Å². The molecular formula is C19H30N2O4. The number of aliphatic hydroxyl groups excluding tert-OH is 2. The predicted molar refractivity (Wildman–Crippen MR) is 96.7 cm³/mol. The minimum Gasteiger partial charge on any atom is -0.380 e. The number of carbonyl (C=O) groups excluding carboxylic acids is 2. The highest BCUT2D eigenvalue weighted by Gasteiger charge is 2.33. The lowest BCUT2D eigenvalue weighted by molar-refractivity contribution is -0.153. The lowest BCUT2D eigenvalue weighted by Crippen LogP contribution is -2.51. The highest BCUT2D eigenvalue weighted by Crippen LogP contribution is 2.12. The minimum atomic E-state index is -1.78. The van der Waals surface area contributed by atoms with Crippen molar-refractivity contribution in [1.82, 2.24) is 10.2 Å². The largest absolute Gasteiger partial charge is 0.380 e.